The number of nitrogens with one attached hydrogen (secondary N) is 2. The SMILES string of the molecule is CS(=O)(=O)CCNCc1csc(-c2cc3c(Nc4ccc(OCc5cccc(F)c5)cc4)ncnc3cn2)n1. The topological polar surface area (TPSA) is 119 Å². The molecule has 0 bridgehead atoms. The van der Waals surface area contributed by atoms with E-state index in [1.165, 1.54) is 36.1 Å². The molecular formula is C27H25FN6O3S2. The van der Waals surface area contributed by atoms with Crippen LogP contribution in [0.5, 0.6) is 5.75 Å². The minimum Gasteiger partial charge on any atom is -0.489 e. The first kappa shape index (κ1) is 26.6. The number of anilines is 2. The highest BCUT2D eigenvalue weighted by molar-refractivity contribution is 7.90. The van der Waals surface area contributed by atoms with E-state index in [9.17, 15) is 12.8 Å². The number of benzene rings is 2. The number of pyridine rings is 1. The predicted octanol–water partition coefficient (Wildman–Crippen LogP) is 4.74. The van der Waals surface area contributed by atoms with Gasteiger partial charge in [-0.3, -0.25) is 4.98 Å². The predicted molar refractivity (Wildman–Crippen MR) is 150 cm³/mol. The monoisotopic (exact) mass is 564 g/mol. The normalized spacial score (nSPS) is 11.5. The lowest BCUT2D eigenvalue weighted by Crippen LogP contribution is -2.22. The van der Waals surface area contributed by atoms with Crippen LogP contribution in [0.25, 0.3) is 21.6 Å². The Morgan fingerprint density at radius 1 is 1.05 bits per heavy atom. The van der Waals surface area contributed by atoms with Crippen LogP contribution in [0, 0.1) is 5.82 Å². The first-order chi connectivity index (χ1) is 18.8. The molecule has 200 valence electrons. The van der Waals surface area contributed by atoms with E-state index in [-0.39, 0.29) is 18.2 Å². The number of nitrogens with zero attached hydrogens (tertiary/aromatic N) is 4. The van der Waals surface area contributed by atoms with Gasteiger partial charge in [0.05, 0.1) is 28.9 Å². The summed E-state index contributed by atoms with van der Waals surface area (Å²) in [5.74, 6) is 1.07. The second-order valence-corrected chi connectivity index (χ2v) is 11.9. The number of ether oxygens (including phenoxy) is 1. The van der Waals surface area contributed by atoms with Crippen molar-refractivity contribution in [3.8, 4) is 16.5 Å². The summed E-state index contributed by atoms with van der Waals surface area (Å²) in [6, 6.07) is 15.6. The second kappa shape index (κ2) is 11.8. The lowest BCUT2D eigenvalue weighted by molar-refractivity contribution is 0.305. The van der Waals surface area contributed by atoms with E-state index in [2.05, 4.69) is 30.6 Å². The van der Waals surface area contributed by atoms with Crippen LogP contribution in [-0.4, -0.2) is 46.9 Å². The number of halogens is 1. The molecule has 0 aliphatic heterocycles. The van der Waals surface area contributed by atoms with Crippen molar-refractivity contribution in [1.29, 1.82) is 0 Å². The van der Waals surface area contributed by atoms with Crippen molar-refractivity contribution in [2.45, 2.75) is 13.2 Å². The average molecular weight is 565 g/mol. The summed E-state index contributed by atoms with van der Waals surface area (Å²) in [6.07, 6.45) is 4.38. The molecule has 0 amide bonds. The number of rotatable bonds is 11. The van der Waals surface area contributed by atoms with Crippen molar-refractivity contribution >= 4 is 43.6 Å². The Kier molecular flexibility index (Phi) is 8.05. The maximum Gasteiger partial charge on any atom is 0.148 e. The van der Waals surface area contributed by atoms with E-state index in [1.54, 1.807) is 12.3 Å². The van der Waals surface area contributed by atoms with Gasteiger partial charge in [-0.05, 0) is 48.0 Å². The molecule has 5 rings (SSSR count). The number of aromatic nitrogens is 4. The van der Waals surface area contributed by atoms with Crippen molar-refractivity contribution in [1.82, 2.24) is 25.3 Å². The molecule has 9 nitrogen and oxygen atoms in total. The lowest BCUT2D eigenvalue weighted by Gasteiger charge is -2.10. The Morgan fingerprint density at radius 3 is 2.69 bits per heavy atom. The number of fused-ring (bicyclic) bond motifs is 1. The highest BCUT2D eigenvalue weighted by Crippen LogP contribution is 2.29. The van der Waals surface area contributed by atoms with Gasteiger partial charge < -0.3 is 15.4 Å². The Labute approximate surface area is 229 Å². The fourth-order valence-electron chi connectivity index (χ4n) is 3.72. The summed E-state index contributed by atoms with van der Waals surface area (Å²) in [4.78, 5) is 17.9. The molecule has 39 heavy (non-hydrogen) atoms. The second-order valence-electron chi connectivity index (χ2n) is 8.83. The molecule has 12 heteroatoms. The molecule has 0 radical (unpaired) electrons. The number of hydrogen-bond acceptors (Lipinski definition) is 10. The maximum absolute atomic E-state index is 13.4. The molecule has 0 saturated carbocycles. The van der Waals surface area contributed by atoms with Gasteiger partial charge in [-0.15, -0.1) is 11.3 Å². The van der Waals surface area contributed by atoms with Crippen LogP contribution in [0.3, 0.4) is 0 Å². The molecule has 0 atom stereocenters. The zero-order chi connectivity index (χ0) is 27.2. The van der Waals surface area contributed by atoms with Gasteiger partial charge in [0, 0.05) is 35.8 Å². The maximum atomic E-state index is 13.4. The van der Waals surface area contributed by atoms with Crippen LogP contribution < -0.4 is 15.4 Å². The van der Waals surface area contributed by atoms with E-state index in [1.807, 2.05) is 41.8 Å². The summed E-state index contributed by atoms with van der Waals surface area (Å²) in [6.45, 7) is 1.11. The zero-order valence-corrected chi connectivity index (χ0v) is 22.6. The van der Waals surface area contributed by atoms with E-state index in [4.69, 9.17) is 4.74 Å². The van der Waals surface area contributed by atoms with Crippen LogP contribution in [0.15, 0.2) is 72.5 Å². The van der Waals surface area contributed by atoms with E-state index >= 15 is 0 Å². The first-order valence-corrected chi connectivity index (χ1v) is 14.9. The molecule has 0 aliphatic rings. The van der Waals surface area contributed by atoms with Gasteiger partial charge in [0.25, 0.3) is 0 Å². The van der Waals surface area contributed by atoms with Gasteiger partial charge >= 0.3 is 0 Å². The van der Waals surface area contributed by atoms with E-state index in [0.29, 0.717) is 35.9 Å². The van der Waals surface area contributed by atoms with E-state index in [0.717, 1.165) is 27.3 Å². The minimum absolute atomic E-state index is 0.0800. The summed E-state index contributed by atoms with van der Waals surface area (Å²) in [5.41, 5.74) is 3.75. The summed E-state index contributed by atoms with van der Waals surface area (Å²) < 4.78 is 41.7. The van der Waals surface area contributed by atoms with Crippen molar-refractivity contribution in [2.24, 2.45) is 0 Å². The molecule has 2 aromatic carbocycles. The Bertz CT molecular complexity index is 1690. The van der Waals surface area contributed by atoms with Gasteiger partial charge in [-0.25, -0.2) is 27.8 Å². The Hall–Kier alpha value is -4.00. The van der Waals surface area contributed by atoms with Crippen LogP contribution in [0.4, 0.5) is 15.9 Å². The zero-order valence-electron chi connectivity index (χ0n) is 21.0. The molecule has 0 fully saturated rings. The quantitative estimate of drug-likeness (QED) is 0.219. The molecule has 0 aliphatic carbocycles. The smallest absolute Gasteiger partial charge is 0.148 e. The summed E-state index contributed by atoms with van der Waals surface area (Å²) >= 11 is 1.46. The number of hydrogen-bond donors (Lipinski definition) is 2. The number of thiazole rings is 1. The third kappa shape index (κ3) is 7.31. The first-order valence-electron chi connectivity index (χ1n) is 12.0. The van der Waals surface area contributed by atoms with Gasteiger partial charge in [0.15, 0.2) is 0 Å². The molecule has 2 N–H and O–H groups in total. The fraction of sp³-hybridized carbons (Fsp3) is 0.185. The Balaban J connectivity index is 1.26. The van der Waals surface area contributed by atoms with Crippen molar-refractivity contribution < 1.29 is 17.5 Å². The third-order valence-corrected chi connectivity index (χ3v) is 7.52. The van der Waals surface area contributed by atoms with Crippen molar-refractivity contribution in [2.75, 3.05) is 23.9 Å². The average Bonchev–Trinajstić information content (AvgIpc) is 3.39. The summed E-state index contributed by atoms with van der Waals surface area (Å²) in [7, 11) is -3.01. The lowest BCUT2D eigenvalue weighted by atomic mass is 10.2. The Morgan fingerprint density at radius 2 is 1.90 bits per heavy atom. The fourth-order valence-corrected chi connectivity index (χ4v) is 5.02. The molecule has 3 heterocycles. The van der Waals surface area contributed by atoms with Gasteiger partial charge in [-0.2, -0.15) is 0 Å². The standard InChI is InChI=1S/C27H25FN6O3S2/c1-39(35,36)10-9-29-13-21-16-38-27(34-21)24-12-23-25(14-30-24)31-17-32-26(23)33-20-5-7-22(8-6-20)37-15-18-3-2-4-19(28)11-18/h2-8,11-12,14,16-17,29H,9-10,13,15H2,1H3,(H,31,32,33). The summed E-state index contributed by atoms with van der Waals surface area (Å²) in [5, 5.41) is 9.88. The van der Waals surface area contributed by atoms with Gasteiger partial charge in [-0.1, -0.05) is 12.1 Å². The van der Waals surface area contributed by atoms with Crippen LogP contribution in [-0.2, 0) is 23.0 Å². The largest absolute Gasteiger partial charge is 0.489 e. The van der Waals surface area contributed by atoms with E-state index < -0.39 is 9.84 Å². The van der Waals surface area contributed by atoms with Crippen LogP contribution in [0.2, 0.25) is 0 Å². The molecular weight excluding hydrogens is 539 g/mol. The highest BCUT2D eigenvalue weighted by atomic mass is 32.2. The highest BCUT2D eigenvalue weighted by Gasteiger charge is 2.11. The third-order valence-electron chi connectivity index (χ3n) is 5.66. The molecule has 5 aromatic rings. The van der Waals surface area contributed by atoms with Gasteiger partial charge in [0.1, 0.15) is 45.2 Å². The molecule has 3 aromatic heterocycles. The van der Waals surface area contributed by atoms with Crippen LogP contribution >= 0.6 is 11.3 Å². The number of sulfone groups is 1. The van der Waals surface area contributed by atoms with Crippen LogP contribution in [0.1, 0.15) is 11.3 Å². The van der Waals surface area contributed by atoms with Crippen molar-refractivity contribution in [3.05, 3.63) is 89.6 Å². The molecule has 0 unspecified atom stereocenters. The van der Waals surface area contributed by atoms with Gasteiger partial charge in [0.2, 0.25) is 0 Å². The van der Waals surface area contributed by atoms with Crippen molar-refractivity contribution in [3.63, 3.8) is 0 Å². The molecule has 0 saturated heterocycles. The molecule has 0 spiro atoms. The minimum atomic E-state index is -3.01.